The van der Waals surface area contributed by atoms with Gasteiger partial charge in [0.15, 0.2) is 5.13 Å². The van der Waals surface area contributed by atoms with Crippen LogP contribution in [0.4, 0.5) is 16.5 Å². The first-order chi connectivity index (χ1) is 20.7. The summed E-state index contributed by atoms with van der Waals surface area (Å²) >= 11 is 13.1. The first kappa shape index (κ1) is 30.6. The molecule has 0 radical (unpaired) electrons. The molecule has 13 heteroatoms. The molecule has 5 rings (SSSR count). The number of hydrazone groups is 1. The number of benzene rings is 4. The van der Waals surface area contributed by atoms with E-state index in [1.54, 1.807) is 30.3 Å². The Morgan fingerprint density at radius 1 is 1.12 bits per heavy atom. The fraction of sp³-hybridized carbons (Fsp3) is 0.0333. The smallest absolute Gasteiger partial charge is 0.271 e. The van der Waals surface area contributed by atoms with Gasteiger partial charge in [-0.3, -0.25) is 14.9 Å². The van der Waals surface area contributed by atoms with Crippen LogP contribution in [0.15, 0.2) is 99.9 Å². The number of hydrogen-bond donors (Lipinski definition) is 2. The second-order valence-corrected chi connectivity index (χ2v) is 12.3. The number of non-ortho nitro benzene ring substituents is 1. The first-order valence-corrected chi connectivity index (χ1v) is 15.7. The zero-order valence-corrected chi connectivity index (χ0v) is 27.3. The van der Waals surface area contributed by atoms with Crippen molar-refractivity contribution in [1.82, 2.24) is 10.4 Å². The summed E-state index contributed by atoms with van der Waals surface area (Å²) in [5.41, 5.74) is 7.00. The molecule has 5 aromatic rings. The van der Waals surface area contributed by atoms with Gasteiger partial charge in [0.1, 0.15) is 12.4 Å². The molecule has 216 valence electrons. The number of nitrogens with zero attached hydrogens (tertiary/aromatic N) is 3. The maximum absolute atomic E-state index is 12.7. The second kappa shape index (κ2) is 14.1. The van der Waals surface area contributed by atoms with Crippen LogP contribution < -0.4 is 15.5 Å². The van der Waals surface area contributed by atoms with Gasteiger partial charge >= 0.3 is 0 Å². The Balaban J connectivity index is 1.16. The highest BCUT2D eigenvalue weighted by Crippen LogP contribution is 2.33. The van der Waals surface area contributed by atoms with Crippen LogP contribution in [0, 0.1) is 13.7 Å². The van der Waals surface area contributed by atoms with Gasteiger partial charge in [-0.25, -0.2) is 10.4 Å². The molecule has 9 nitrogen and oxygen atoms in total. The summed E-state index contributed by atoms with van der Waals surface area (Å²) in [4.78, 5) is 27.9. The van der Waals surface area contributed by atoms with E-state index in [4.69, 9.17) is 16.3 Å². The molecule has 0 atom stereocenters. The minimum Gasteiger partial charge on any atom is -0.487 e. The molecule has 0 aliphatic rings. The quantitative estimate of drug-likeness (QED) is 0.0632. The zero-order valence-electron chi connectivity index (χ0n) is 22.0. The summed E-state index contributed by atoms with van der Waals surface area (Å²) in [7, 11) is 0. The molecule has 2 N–H and O–H groups in total. The molecule has 0 aliphatic heterocycles. The van der Waals surface area contributed by atoms with Crippen LogP contribution in [0.1, 0.15) is 21.5 Å². The molecule has 0 fully saturated rings. The average Bonchev–Trinajstić information content (AvgIpc) is 3.46. The number of amides is 1. The topological polar surface area (TPSA) is 119 Å². The predicted molar refractivity (Wildman–Crippen MR) is 182 cm³/mol. The zero-order chi connectivity index (χ0) is 30.3. The molecule has 0 unspecified atom stereocenters. The number of hydrogen-bond acceptors (Lipinski definition) is 8. The molecule has 4 aromatic carbocycles. The highest BCUT2D eigenvalue weighted by atomic mass is 127. The van der Waals surface area contributed by atoms with Crippen LogP contribution in [0.2, 0.25) is 5.02 Å². The highest BCUT2D eigenvalue weighted by molar-refractivity contribution is 14.1. The van der Waals surface area contributed by atoms with Crippen molar-refractivity contribution in [3.8, 4) is 17.0 Å². The van der Waals surface area contributed by atoms with Crippen LogP contribution in [0.3, 0.4) is 0 Å². The molecule has 1 heterocycles. The molecule has 0 spiro atoms. The lowest BCUT2D eigenvalue weighted by atomic mass is 10.1. The van der Waals surface area contributed by atoms with Crippen molar-refractivity contribution in [2.24, 2.45) is 5.10 Å². The van der Waals surface area contributed by atoms with Crippen LogP contribution in [0.5, 0.6) is 5.75 Å². The van der Waals surface area contributed by atoms with Crippen LogP contribution in [0.25, 0.3) is 11.3 Å². The fourth-order valence-corrected chi connectivity index (χ4v) is 6.48. The van der Waals surface area contributed by atoms with E-state index >= 15 is 0 Å². The summed E-state index contributed by atoms with van der Waals surface area (Å²) < 4.78 is 7.40. The van der Waals surface area contributed by atoms with Crippen molar-refractivity contribution in [3.63, 3.8) is 0 Å². The maximum atomic E-state index is 12.7. The van der Waals surface area contributed by atoms with Gasteiger partial charge in [0.25, 0.3) is 11.6 Å². The summed E-state index contributed by atoms with van der Waals surface area (Å²) in [6, 6.07) is 24.5. The van der Waals surface area contributed by atoms with E-state index < -0.39 is 4.92 Å². The number of ether oxygens (including phenoxy) is 1. The van der Waals surface area contributed by atoms with Gasteiger partial charge in [-0.1, -0.05) is 35.9 Å². The number of nitrogens with one attached hydrogen (secondary N) is 2. The Kier molecular flexibility index (Phi) is 10.0. The average molecular weight is 789 g/mol. The van der Waals surface area contributed by atoms with E-state index in [9.17, 15) is 14.9 Å². The van der Waals surface area contributed by atoms with Crippen molar-refractivity contribution in [2.45, 2.75) is 6.61 Å². The number of carbonyl (C=O) groups is 1. The van der Waals surface area contributed by atoms with Crippen molar-refractivity contribution in [3.05, 3.63) is 130 Å². The molecular weight excluding hydrogens is 769 g/mol. The molecule has 0 saturated heterocycles. The molecular formula is C30H20BrClIN5O4S. The highest BCUT2D eigenvalue weighted by Gasteiger charge is 2.12. The number of aromatic nitrogens is 1. The number of thiazole rings is 1. The van der Waals surface area contributed by atoms with Gasteiger partial charge in [0, 0.05) is 39.3 Å². The Morgan fingerprint density at radius 2 is 1.88 bits per heavy atom. The molecule has 1 aromatic heterocycles. The van der Waals surface area contributed by atoms with Crippen LogP contribution in [-0.4, -0.2) is 22.0 Å². The van der Waals surface area contributed by atoms with E-state index in [0.717, 1.165) is 31.2 Å². The third-order valence-corrected chi connectivity index (χ3v) is 8.35. The fourth-order valence-electron chi connectivity index (χ4n) is 3.85. The largest absolute Gasteiger partial charge is 0.487 e. The molecule has 0 saturated carbocycles. The van der Waals surface area contributed by atoms with Gasteiger partial charge in [0.05, 0.1) is 24.9 Å². The number of carbonyl (C=O) groups excluding carboxylic acids is 1. The van der Waals surface area contributed by atoms with Gasteiger partial charge in [-0.15, -0.1) is 11.3 Å². The van der Waals surface area contributed by atoms with Crippen molar-refractivity contribution >= 4 is 90.1 Å². The lowest BCUT2D eigenvalue weighted by Crippen LogP contribution is -2.17. The second-order valence-electron chi connectivity index (χ2n) is 8.98. The number of halogens is 3. The van der Waals surface area contributed by atoms with E-state index in [1.807, 2.05) is 47.8 Å². The summed E-state index contributed by atoms with van der Waals surface area (Å²) in [6.07, 6.45) is 1.54. The van der Waals surface area contributed by atoms with Crippen LogP contribution in [-0.2, 0) is 6.61 Å². The normalized spacial score (nSPS) is 11.0. The van der Waals surface area contributed by atoms with Gasteiger partial charge in [-0.05, 0) is 98.2 Å². The van der Waals surface area contributed by atoms with Crippen LogP contribution >= 0.6 is 61.5 Å². The monoisotopic (exact) mass is 787 g/mol. The minimum absolute atomic E-state index is 0.0104. The Morgan fingerprint density at radius 3 is 2.60 bits per heavy atom. The van der Waals surface area contributed by atoms with Crippen molar-refractivity contribution in [1.29, 1.82) is 0 Å². The van der Waals surface area contributed by atoms with Gasteiger partial charge in [0.2, 0.25) is 0 Å². The maximum Gasteiger partial charge on any atom is 0.271 e. The van der Waals surface area contributed by atoms with Gasteiger partial charge in [-0.2, -0.15) is 5.10 Å². The summed E-state index contributed by atoms with van der Waals surface area (Å²) in [6.45, 7) is 0.169. The molecule has 1 amide bonds. The predicted octanol–water partition coefficient (Wildman–Crippen LogP) is 8.83. The van der Waals surface area contributed by atoms with E-state index in [-0.39, 0.29) is 18.2 Å². The number of anilines is 2. The number of nitro benzene ring substituents is 1. The first-order valence-electron chi connectivity index (χ1n) is 12.5. The lowest BCUT2D eigenvalue weighted by molar-refractivity contribution is -0.384. The SMILES string of the molecule is O=C(N/N=C\c1cc(Br)c(OCc2cccc([N+](=O)[O-])c2)c(I)c1)c1ccc(-c2csc(Nc3ccc(Cl)cc3)n2)cc1. The van der Waals surface area contributed by atoms with E-state index in [2.05, 4.69) is 59.3 Å². The molecule has 0 aliphatic carbocycles. The minimum atomic E-state index is -0.439. The van der Waals surface area contributed by atoms with E-state index in [1.165, 1.54) is 29.7 Å². The van der Waals surface area contributed by atoms with E-state index in [0.29, 0.717) is 26.4 Å². The van der Waals surface area contributed by atoms with Crippen molar-refractivity contribution < 1.29 is 14.5 Å². The summed E-state index contributed by atoms with van der Waals surface area (Å²) in [5.74, 6) is 0.248. The lowest BCUT2D eigenvalue weighted by Gasteiger charge is -2.11. The summed E-state index contributed by atoms with van der Waals surface area (Å²) in [5, 5.41) is 21.7. The Labute approximate surface area is 277 Å². The Bertz CT molecular complexity index is 1790. The van der Waals surface area contributed by atoms with Crippen molar-refractivity contribution in [2.75, 3.05) is 5.32 Å². The standard InChI is InChI=1S/C30H20BrClIN5O4S/c31-25-13-19(14-26(33)28(25)42-16-18-2-1-3-24(12-18)38(40)41)15-34-37-29(39)21-6-4-20(5-7-21)27-17-43-30(36-27)35-23-10-8-22(32)9-11-23/h1-15,17H,16H2,(H,35,36)(H,37,39)/b34-15-. The number of nitro groups is 1. The number of rotatable bonds is 10. The third-order valence-electron chi connectivity index (χ3n) is 5.95. The molecule has 0 bridgehead atoms. The third kappa shape index (κ3) is 8.16. The Hall–Kier alpha value is -3.85. The van der Waals surface area contributed by atoms with Gasteiger partial charge < -0.3 is 10.1 Å². The molecule has 43 heavy (non-hydrogen) atoms.